The van der Waals surface area contributed by atoms with Crippen LogP contribution in [0.2, 0.25) is 0 Å². The molecule has 0 spiro atoms. The molecule has 2 nitrogen and oxygen atoms in total. The van der Waals surface area contributed by atoms with Gasteiger partial charge in [0, 0.05) is 18.1 Å². The van der Waals surface area contributed by atoms with Crippen molar-refractivity contribution < 1.29 is 0 Å². The van der Waals surface area contributed by atoms with E-state index in [1.165, 1.54) is 25.7 Å². The quantitative estimate of drug-likeness (QED) is 0.780. The van der Waals surface area contributed by atoms with Gasteiger partial charge >= 0.3 is 0 Å². The number of hydrogen-bond acceptors (Lipinski definition) is 2. The van der Waals surface area contributed by atoms with E-state index in [2.05, 4.69) is 51.9 Å². The lowest BCUT2D eigenvalue weighted by Gasteiger charge is -2.47. The maximum atomic E-state index is 3.73. The van der Waals surface area contributed by atoms with Gasteiger partial charge in [0.25, 0.3) is 0 Å². The van der Waals surface area contributed by atoms with Crippen LogP contribution < -0.4 is 5.32 Å². The SMILES string of the molecule is CCCC(C)N(C)C1C(C)CC(C)CC1NCC. The minimum Gasteiger partial charge on any atom is -0.313 e. The summed E-state index contributed by atoms with van der Waals surface area (Å²) in [6.07, 6.45) is 5.32. The van der Waals surface area contributed by atoms with Crippen molar-refractivity contribution in [2.75, 3.05) is 13.6 Å². The van der Waals surface area contributed by atoms with Gasteiger partial charge in [-0.05, 0) is 51.6 Å². The van der Waals surface area contributed by atoms with Gasteiger partial charge in [0.1, 0.15) is 0 Å². The molecule has 1 saturated carbocycles. The van der Waals surface area contributed by atoms with Gasteiger partial charge in [0.15, 0.2) is 0 Å². The van der Waals surface area contributed by atoms with E-state index < -0.39 is 0 Å². The summed E-state index contributed by atoms with van der Waals surface area (Å²) in [6.45, 7) is 12.9. The first-order valence-electron chi connectivity index (χ1n) is 7.96. The third-order valence-electron chi connectivity index (χ3n) is 4.76. The molecule has 0 bridgehead atoms. The predicted molar refractivity (Wildman–Crippen MR) is 80.9 cm³/mol. The molecular formula is C16H34N2. The second-order valence-electron chi connectivity index (χ2n) is 6.51. The van der Waals surface area contributed by atoms with Crippen LogP contribution in [-0.2, 0) is 0 Å². The minimum absolute atomic E-state index is 0.679. The van der Waals surface area contributed by atoms with E-state index >= 15 is 0 Å². The molecule has 0 aromatic carbocycles. The van der Waals surface area contributed by atoms with Gasteiger partial charge in [-0.1, -0.05) is 34.1 Å². The van der Waals surface area contributed by atoms with Gasteiger partial charge in [-0.15, -0.1) is 0 Å². The zero-order valence-corrected chi connectivity index (χ0v) is 13.4. The summed E-state index contributed by atoms with van der Waals surface area (Å²) >= 11 is 0. The van der Waals surface area contributed by atoms with Crippen LogP contribution in [0.15, 0.2) is 0 Å². The van der Waals surface area contributed by atoms with Crippen LogP contribution in [0, 0.1) is 11.8 Å². The Bertz CT molecular complexity index is 229. The largest absolute Gasteiger partial charge is 0.313 e. The van der Waals surface area contributed by atoms with Crippen molar-refractivity contribution in [1.82, 2.24) is 10.2 Å². The summed E-state index contributed by atoms with van der Waals surface area (Å²) in [6, 6.07) is 2.10. The average Bonchev–Trinajstić information content (AvgIpc) is 2.28. The molecule has 5 atom stereocenters. The maximum absolute atomic E-state index is 3.73. The van der Waals surface area contributed by atoms with Crippen LogP contribution in [0.5, 0.6) is 0 Å². The number of likely N-dealkylation sites (N-methyl/N-ethyl adjacent to an activating group) is 2. The van der Waals surface area contributed by atoms with Crippen LogP contribution in [-0.4, -0.2) is 36.6 Å². The van der Waals surface area contributed by atoms with E-state index in [4.69, 9.17) is 0 Å². The fourth-order valence-electron chi connectivity index (χ4n) is 3.91. The normalized spacial score (nSPS) is 34.8. The Hall–Kier alpha value is -0.0800. The predicted octanol–water partition coefficient (Wildman–Crippen LogP) is 3.52. The van der Waals surface area contributed by atoms with E-state index in [9.17, 15) is 0 Å². The lowest BCUT2D eigenvalue weighted by molar-refractivity contribution is 0.0532. The van der Waals surface area contributed by atoms with Gasteiger partial charge < -0.3 is 5.32 Å². The fourth-order valence-corrected chi connectivity index (χ4v) is 3.91. The number of hydrogen-bond donors (Lipinski definition) is 1. The zero-order chi connectivity index (χ0) is 13.7. The molecule has 1 N–H and O–H groups in total. The highest BCUT2D eigenvalue weighted by molar-refractivity contribution is 4.94. The van der Waals surface area contributed by atoms with Crippen molar-refractivity contribution in [3.63, 3.8) is 0 Å². The second kappa shape index (κ2) is 7.49. The Morgan fingerprint density at radius 3 is 2.44 bits per heavy atom. The molecule has 0 amide bonds. The van der Waals surface area contributed by atoms with Crippen molar-refractivity contribution in [3.05, 3.63) is 0 Å². The molecule has 0 aromatic rings. The fraction of sp³-hybridized carbons (Fsp3) is 1.00. The number of rotatable bonds is 6. The van der Waals surface area contributed by atoms with Crippen molar-refractivity contribution in [1.29, 1.82) is 0 Å². The maximum Gasteiger partial charge on any atom is 0.0274 e. The van der Waals surface area contributed by atoms with E-state index in [1.54, 1.807) is 0 Å². The van der Waals surface area contributed by atoms with Gasteiger partial charge in [-0.3, -0.25) is 4.90 Å². The van der Waals surface area contributed by atoms with E-state index in [-0.39, 0.29) is 0 Å². The summed E-state index contributed by atoms with van der Waals surface area (Å²) in [5.74, 6) is 1.68. The summed E-state index contributed by atoms with van der Waals surface area (Å²) in [5.41, 5.74) is 0. The highest BCUT2D eigenvalue weighted by Crippen LogP contribution is 2.33. The molecule has 5 unspecified atom stereocenters. The molecule has 0 heterocycles. The molecule has 2 heteroatoms. The summed E-state index contributed by atoms with van der Waals surface area (Å²) in [7, 11) is 2.34. The minimum atomic E-state index is 0.679. The van der Waals surface area contributed by atoms with Crippen LogP contribution in [0.3, 0.4) is 0 Å². The summed E-state index contributed by atoms with van der Waals surface area (Å²) < 4.78 is 0. The Kier molecular flexibility index (Phi) is 6.65. The van der Waals surface area contributed by atoms with Crippen LogP contribution in [0.4, 0.5) is 0 Å². The van der Waals surface area contributed by atoms with E-state index in [1.807, 2.05) is 0 Å². The Balaban J connectivity index is 2.73. The first-order valence-corrected chi connectivity index (χ1v) is 7.96. The van der Waals surface area contributed by atoms with Gasteiger partial charge in [0.2, 0.25) is 0 Å². The average molecular weight is 254 g/mol. The van der Waals surface area contributed by atoms with Crippen LogP contribution in [0.25, 0.3) is 0 Å². The van der Waals surface area contributed by atoms with Crippen LogP contribution in [0.1, 0.15) is 60.3 Å². The molecule has 1 aliphatic carbocycles. The summed E-state index contributed by atoms with van der Waals surface area (Å²) in [5, 5.41) is 3.73. The zero-order valence-electron chi connectivity index (χ0n) is 13.4. The number of nitrogens with zero attached hydrogens (tertiary/aromatic N) is 1. The smallest absolute Gasteiger partial charge is 0.0274 e. The third kappa shape index (κ3) is 3.96. The van der Waals surface area contributed by atoms with Crippen molar-refractivity contribution in [2.45, 2.75) is 78.4 Å². The Morgan fingerprint density at radius 1 is 1.22 bits per heavy atom. The molecule has 0 radical (unpaired) electrons. The van der Waals surface area contributed by atoms with Crippen LogP contribution >= 0.6 is 0 Å². The van der Waals surface area contributed by atoms with Crippen molar-refractivity contribution in [3.8, 4) is 0 Å². The van der Waals surface area contributed by atoms with Gasteiger partial charge in [0.05, 0.1) is 0 Å². The lowest BCUT2D eigenvalue weighted by Crippen LogP contribution is -2.57. The monoisotopic (exact) mass is 254 g/mol. The van der Waals surface area contributed by atoms with Crippen molar-refractivity contribution in [2.24, 2.45) is 11.8 Å². The second-order valence-corrected chi connectivity index (χ2v) is 6.51. The topological polar surface area (TPSA) is 15.3 Å². The molecule has 1 fully saturated rings. The van der Waals surface area contributed by atoms with E-state index in [0.29, 0.717) is 18.1 Å². The molecule has 0 aliphatic heterocycles. The molecule has 1 aliphatic rings. The summed E-state index contributed by atoms with van der Waals surface area (Å²) in [4.78, 5) is 2.65. The van der Waals surface area contributed by atoms with E-state index in [0.717, 1.165) is 18.4 Å². The Labute approximate surface area is 115 Å². The molecular weight excluding hydrogens is 220 g/mol. The van der Waals surface area contributed by atoms with Crippen molar-refractivity contribution >= 4 is 0 Å². The lowest BCUT2D eigenvalue weighted by atomic mass is 9.75. The van der Waals surface area contributed by atoms with Gasteiger partial charge in [-0.2, -0.15) is 0 Å². The molecule has 18 heavy (non-hydrogen) atoms. The standard InChI is InChI=1S/C16H34N2/c1-7-9-14(5)18(6)16-13(4)10-12(3)11-15(16)17-8-2/h12-17H,7-11H2,1-6H3. The molecule has 108 valence electrons. The first-order chi connectivity index (χ1) is 8.51. The van der Waals surface area contributed by atoms with Gasteiger partial charge in [-0.25, -0.2) is 0 Å². The number of nitrogens with one attached hydrogen (secondary N) is 1. The first kappa shape index (κ1) is 16.0. The third-order valence-corrected chi connectivity index (χ3v) is 4.76. The molecule has 1 rings (SSSR count). The molecule has 0 saturated heterocycles. The highest BCUT2D eigenvalue weighted by atomic mass is 15.2. The highest BCUT2D eigenvalue weighted by Gasteiger charge is 2.37. The Morgan fingerprint density at radius 2 is 1.89 bits per heavy atom. The molecule has 0 aromatic heterocycles.